The molecule has 10 nitrogen and oxygen atoms in total. The molecule has 2 N–H and O–H groups in total. The number of nitrogens with zero attached hydrogens (tertiary/aromatic N) is 1. The Hall–Kier alpha value is -1.81. The van der Waals surface area contributed by atoms with Gasteiger partial charge in [-0.2, -0.15) is 0 Å². The molecule has 0 aromatic carbocycles. The molecule has 1 saturated heterocycles. The van der Waals surface area contributed by atoms with Crippen LogP contribution in [0.25, 0.3) is 0 Å². The number of carbonyl (C=O) groups is 1. The molecule has 2 unspecified atom stereocenters. The van der Waals surface area contributed by atoms with Crippen molar-refractivity contribution in [3.8, 4) is 0 Å². The van der Waals surface area contributed by atoms with Gasteiger partial charge in [0.05, 0.1) is 6.61 Å². The fraction of sp³-hybridized carbons (Fsp3) is 0.706. The van der Waals surface area contributed by atoms with Crippen LogP contribution >= 0.6 is 8.03 Å². The van der Waals surface area contributed by atoms with E-state index in [9.17, 15) is 18.9 Å². The molecule has 0 aliphatic carbocycles. The topological polar surface area (TPSA) is 137 Å². The first-order chi connectivity index (χ1) is 13.8. The Bertz CT molecular complexity index is 841. The number of aryl methyl sites for hydroxylation is 1. The number of ether oxygens (including phenoxy) is 2. The molecule has 0 bridgehead atoms. The van der Waals surface area contributed by atoms with E-state index in [0.29, 0.717) is 0 Å². The number of aromatic amines is 1. The number of halogens is 1. The van der Waals surface area contributed by atoms with Gasteiger partial charge in [-0.3, -0.25) is 23.7 Å². The third-order valence-electron chi connectivity index (χ3n) is 4.43. The van der Waals surface area contributed by atoms with Crippen LogP contribution in [0.15, 0.2) is 15.8 Å². The zero-order chi connectivity index (χ0) is 21.6. The average molecular weight is 436 g/mol. The first kappa shape index (κ1) is 23.5. The lowest BCUT2D eigenvalue weighted by atomic mass is 10.1. The molecule has 164 valence electrons. The summed E-state index contributed by atoms with van der Waals surface area (Å²) >= 11 is 0. The second kappa shape index (κ2) is 10.8. The lowest BCUT2D eigenvalue weighted by Crippen LogP contribution is -2.38. The maximum Gasteiger partial charge on any atom is 0.330 e. The average Bonchev–Trinajstić information content (AvgIpc) is 2.97. The summed E-state index contributed by atoms with van der Waals surface area (Å²) < 4.78 is 43.8. The minimum absolute atomic E-state index is 0.0871. The fourth-order valence-electron chi connectivity index (χ4n) is 2.99. The van der Waals surface area contributed by atoms with E-state index in [1.165, 1.54) is 13.1 Å². The second-order valence-corrected chi connectivity index (χ2v) is 8.15. The van der Waals surface area contributed by atoms with Gasteiger partial charge in [-0.05, 0) is 26.7 Å². The predicted molar refractivity (Wildman–Crippen MR) is 101 cm³/mol. The molecular formula is C17H26FN2O8P. The standard InChI is InChI=1S/C17H26FN2O8P/c1-3-26-29(25)8-6-11-14(28-12(22)5-4-7-21)13(18)16(27-11)20-9-10(2)15(23)19-17(20)24/h9,11,13-14,16,21,29H,3-8H2,1-2H3,(H,19,23,24)/t11?,13-,14-,16+/m1/s1. The summed E-state index contributed by atoms with van der Waals surface area (Å²) in [6.45, 7) is 3.20. The Morgan fingerprint density at radius 3 is 2.83 bits per heavy atom. The summed E-state index contributed by atoms with van der Waals surface area (Å²) in [5.74, 6) is -0.719. The number of aliphatic hydroxyl groups is 1. The van der Waals surface area contributed by atoms with E-state index in [-0.39, 0.29) is 44.2 Å². The zero-order valence-corrected chi connectivity index (χ0v) is 17.3. The van der Waals surface area contributed by atoms with Crippen LogP contribution in [0.2, 0.25) is 0 Å². The van der Waals surface area contributed by atoms with E-state index in [2.05, 4.69) is 4.98 Å². The molecule has 1 aliphatic rings. The zero-order valence-electron chi connectivity index (χ0n) is 16.3. The molecule has 5 atom stereocenters. The summed E-state index contributed by atoms with van der Waals surface area (Å²) in [6, 6.07) is 0. The Labute approximate surface area is 166 Å². The first-order valence-electron chi connectivity index (χ1n) is 9.36. The van der Waals surface area contributed by atoms with Gasteiger partial charge in [0.25, 0.3) is 5.56 Å². The van der Waals surface area contributed by atoms with E-state index in [1.807, 2.05) is 0 Å². The van der Waals surface area contributed by atoms with Crippen LogP contribution in [0.3, 0.4) is 0 Å². The van der Waals surface area contributed by atoms with Gasteiger partial charge >= 0.3 is 11.7 Å². The van der Waals surface area contributed by atoms with Crippen LogP contribution in [0.4, 0.5) is 4.39 Å². The van der Waals surface area contributed by atoms with Crippen LogP contribution in [-0.4, -0.2) is 58.4 Å². The Balaban J connectivity index is 2.23. The van der Waals surface area contributed by atoms with E-state index in [1.54, 1.807) is 6.92 Å². The van der Waals surface area contributed by atoms with Gasteiger partial charge in [-0.15, -0.1) is 0 Å². The van der Waals surface area contributed by atoms with Crippen molar-refractivity contribution in [2.45, 2.75) is 57.7 Å². The third kappa shape index (κ3) is 6.08. The van der Waals surface area contributed by atoms with Gasteiger partial charge in [0, 0.05) is 30.9 Å². The summed E-state index contributed by atoms with van der Waals surface area (Å²) in [6.07, 6.45) is -4.20. The molecule has 0 saturated carbocycles. The first-order valence-corrected chi connectivity index (χ1v) is 10.9. The number of hydrogen-bond acceptors (Lipinski definition) is 8. The number of aromatic nitrogens is 2. The maximum atomic E-state index is 15.2. The number of carbonyl (C=O) groups excluding carboxylic acids is 1. The molecule has 2 rings (SSSR count). The van der Waals surface area contributed by atoms with Gasteiger partial charge in [-0.25, -0.2) is 9.18 Å². The number of hydrogen-bond donors (Lipinski definition) is 2. The van der Waals surface area contributed by atoms with Gasteiger partial charge in [0.2, 0.25) is 0 Å². The van der Waals surface area contributed by atoms with E-state index < -0.39 is 49.9 Å². The van der Waals surface area contributed by atoms with E-state index >= 15 is 4.39 Å². The highest BCUT2D eigenvalue weighted by Gasteiger charge is 2.48. The van der Waals surface area contributed by atoms with E-state index in [4.69, 9.17) is 19.1 Å². The van der Waals surface area contributed by atoms with E-state index in [0.717, 1.165) is 4.57 Å². The number of alkyl halides is 1. The molecule has 0 radical (unpaired) electrons. The maximum absolute atomic E-state index is 15.2. The predicted octanol–water partition coefficient (Wildman–Crippen LogP) is 0.666. The second-order valence-electron chi connectivity index (χ2n) is 6.61. The van der Waals surface area contributed by atoms with Crippen LogP contribution in [0.1, 0.15) is 38.0 Å². The van der Waals surface area contributed by atoms with Crippen molar-refractivity contribution >= 4 is 14.0 Å². The molecule has 1 aromatic heterocycles. The van der Waals surface area contributed by atoms with Crippen molar-refractivity contribution in [2.24, 2.45) is 0 Å². The number of rotatable bonds is 10. The van der Waals surface area contributed by atoms with Crippen molar-refractivity contribution in [2.75, 3.05) is 19.4 Å². The molecule has 12 heteroatoms. The monoisotopic (exact) mass is 436 g/mol. The van der Waals surface area contributed by atoms with Crippen molar-refractivity contribution in [3.63, 3.8) is 0 Å². The van der Waals surface area contributed by atoms with Crippen LogP contribution in [0.5, 0.6) is 0 Å². The molecule has 0 spiro atoms. The van der Waals surface area contributed by atoms with Crippen molar-refractivity contribution in [1.29, 1.82) is 0 Å². The Kier molecular flexibility index (Phi) is 8.76. The summed E-state index contributed by atoms with van der Waals surface area (Å²) in [7, 11) is -2.35. The van der Waals surface area contributed by atoms with Crippen LogP contribution < -0.4 is 11.2 Å². The molecular weight excluding hydrogens is 410 g/mol. The van der Waals surface area contributed by atoms with Gasteiger partial charge in [0.15, 0.2) is 26.5 Å². The highest BCUT2D eigenvalue weighted by Crippen LogP contribution is 2.37. The van der Waals surface area contributed by atoms with Crippen molar-refractivity contribution < 1.29 is 32.9 Å². The third-order valence-corrected chi connectivity index (χ3v) is 5.74. The number of aliphatic hydroxyl groups excluding tert-OH is 1. The quantitative estimate of drug-likeness (QED) is 0.403. The highest BCUT2D eigenvalue weighted by atomic mass is 31.1. The summed E-state index contributed by atoms with van der Waals surface area (Å²) in [4.78, 5) is 37.7. The molecule has 29 heavy (non-hydrogen) atoms. The van der Waals surface area contributed by atoms with Gasteiger partial charge in [-0.1, -0.05) is 0 Å². The molecule has 1 fully saturated rings. The molecule has 0 amide bonds. The van der Waals surface area contributed by atoms with Gasteiger partial charge < -0.3 is 19.1 Å². The molecule has 1 aromatic rings. The minimum Gasteiger partial charge on any atom is -0.456 e. The SMILES string of the molecule is CCO[PH](=O)CCC1O[C@H](n2cc(C)c(=O)[nH]c2=O)[C@H](F)[C@@H]1OC(=O)CCCO. The van der Waals surface area contributed by atoms with Crippen molar-refractivity contribution in [1.82, 2.24) is 9.55 Å². The Morgan fingerprint density at radius 1 is 1.45 bits per heavy atom. The number of H-pyrrole nitrogens is 1. The minimum atomic E-state index is -2.35. The Morgan fingerprint density at radius 2 is 2.17 bits per heavy atom. The number of esters is 1. The largest absolute Gasteiger partial charge is 0.456 e. The van der Waals surface area contributed by atoms with Crippen molar-refractivity contribution in [3.05, 3.63) is 32.6 Å². The smallest absolute Gasteiger partial charge is 0.330 e. The lowest BCUT2D eigenvalue weighted by molar-refractivity contribution is -0.154. The normalized spacial score (nSPS) is 25.1. The van der Waals surface area contributed by atoms with Gasteiger partial charge in [0.1, 0.15) is 6.10 Å². The summed E-state index contributed by atoms with van der Waals surface area (Å²) in [5.41, 5.74) is -1.28. The fourth-order valence-corrected chi connectivity index (χ4v) is 3.98. The highest BCUT2D eigenvalue weighted by molar-refractivity contribution is 7.39. The van der Waals surface area contributed by atoms with Crippen LogP contribution in [-0.2, 0) is 23.4 Å². The molecule has 1 aliphatic heterocycles. The lowest BCUT2D eigenvalue weighted by Gasteiger charge is -2.19. The summed E-state index contributed by atoms with van der Waals surface area (Å²) in [5, 5.41) is 8.83. The number of nitrogens with one attached hydrogen (secondary N) is 1. The van der Waals surface area contributed by atoms with Crippen LogP contribution in [0, 0.1) is 6.92 Å². The molecule has 2 heterocycles.